The second-order valence-electron chi connectivity index (χ2n) is 3.69. The molecule has 0 radical (unpaired) electrons. The zero-order valence-electron chi connectivity index (χ0n) is 7.91. The molecule has 2 rings (SSSR count). The highest BCUT2D eigenvalue weighted by Gasteiger charge is 2.31. The maximum Gasteiger partial charge on any atom is 0.166 e. The zero-order valence-corrected chi connectivity index (χ0v) is 10.3. The molecule has 15 heavy (non-hydrogen) atoms. The van der Waals surface area contributed by atoms with Gasteiger partial charge in [0.05, 0.1) is 0 Å². The van der Waals surface area contributed by atoms with Gasteiger partial charge < -0.3 is 10.8 Å². The fraction of sp³-hybridized carbons (Fsp3) is 0.400. The summed E-state index contributed by atoms with van der Waals surface area (Å²) in [6, 6.07) is 2.67. The summed E-state index contributed by atoms with van der Waals surface area (Å²) in [5, 5.41) is 9.49. The minimum Gasteiger partial charge on any atom is -0.505 e. The predicted molar refractivity (Wildman–Crippen MR) is 62.7 cm³/mol. The topological polar surface area (TPSA) is 46.2 Å². The molecule has 84 valence electrons. The summed E-state index contributed by atoms with van der Waals surface area (Å²) in [4.78, 5) is 0. The monoisotopic (exact) mass is 295 g/mol. The molecule has 1 aromatic carbocycles. The Bertz CT molecular complexity index is 371. The number of halogens is 3. The van der Waals surface area contributed by atoms with Crippen molar-refractivity contribution in [3.8, 4) is 5.75 Å². The summed E-state index contributed by atoms with van der Waals surface area (Å²) >= 11 is 3.18. The first-order chi connectivity index (χ1) is 6.59. The minimum atomic E-state index is -0.620. The lowest BCUT2D eigenvalue weighted by Gasteiger charge is -2.13. The number of phenols is 1. The Morgan fingerprint density at radius 2 is 2.07 bits per heavy atom. The van der Waals surface area contributed by atoms with Crippen LogP contribution in [-0.4, -0.2) is 5.11 Å². The van der Waals surface area contributed by atoms with E-state index in [1.165, 1.54) is 6.07 Å². The van der Waals surface area contributed by atoms with E-state index < -0.39 is 5.82 Å². The molecule has 0 saturated heterocycles. The Kier molecular flexibility index (Phi) is 3.98. The van der Waals surface area contributed by atoms with Crippen LogP contribution in [0.5, 0.6) is 5.75 Å². The van der Waals surface area contributed by atoms with Crippen molar-refractivity contribution in [3.05, 3.63) is 28.0 Å². The quantitative estimate of drug-likeness (QED) is 0.881. The van der Waals surface area contributed by atoms with Gasteiger partial charge in [0.2, 0.25) is 0 Å². The molecular formula is C10H12BrClFNO. The van der Waals surface area contributed by atoms with Crippen LogP contribution >= 0.6 is 28.3 Å². The van der Waals surface area contributed by atoms with Gasteiger partial charge in [-0.15, -0.1) is 12.4 Å². The summed E-state index contributed by atoms with van der Waals surface area (Å²) in [7, 11) is 0. The van der Waals surface area contributed by atoms with Crippen LogP contribution in [-0.2, 0) is 0 Å². The van der Waals surface area contributed by atoms with Crippen molar-refractivity contribution in [2.24, 2.45) is 11.7 Å². The first-order valence-electron chi connectivity index (χ1n) is 4.53. The molecule has 1 aliphatic carbocycles. The van der Waals surface area contributed by atoms with Gasteiger partial charge in [0.15, 0.2) is 11.6 Å². The molecule has 5 heteroatoms. The largest absolute Gasteiger partial charge is 0.505 e. The highest BCUT2D eigenvalue weighted by molar-refractivity contribution is 9.10. The molecule has 1 aromatic rings. The Hall–Kier alpha value is -0.320. The van der Waals surface area contributed by atoms with E-state index in [-0.39, 0.29) is 24.2 Å². The third kappa shape index (κ3) is 2.62. The van der Waals surface area contributed by atoms with Gasteiger partial charge in [0.25, 0.3) is 0 Å². The van der Waals surface area contributed by atoms with Crippen LogP contribution in [0.15, 0.2) is 16.6 Å². The number of hydrogen-bond donors (Lipinski definition) is 2. The van der Waals surface area contributed by atoms with E-state index in [9.17, 15) is 9.50 Å². The molecule has 0 heterocycles. The normalized spacial score (nSPS) is 17.0. The van der Waals surface area contributed by atoms with Crippen LogP contribution in [0, 0.1) is 11.7 Å². The second kappa shape index (κ2) is 4.68. The molecule has 0 aromatic heterocycles. The Balaban J connectivity index is 0.00000112. The molecule has 0 aliphatic heterocycles. The molecule has 0 unspecified atom stereocenters. The molecule has 0 bridgehead atoms. The van der Waals surface area contributed by atoms with Crippen molar-refractivity contribution >= 4 is 28.3 Å². The third-order valence-corrected chi connectivity index (χ3v) is 3.00. The molecule has 0 spiro atoms. The summed E-state index contributed by atoms with van der Waals surface area (Å²) < 4.78 is 13.8. The fourth-order valence-corrected chi connectivity index (χ4v) is 2.00. The smallest absolute Gasteiger partial charge is 0.166 e. The lowest BCUT2D eigenvalue weighted by atomic mass is 10.0. The third-order valence-electron chi connectivity index (χ3n) is 2.55. The Labute approximate surface area is 102 Å². The highest BCUT2D eigenvalue weighted by Crippen LogP contribution is 2.43. The van der Waals surface area contributed by atoms with Gasteiger partial charge in [0.1, 0.15) is 0 Å². The van der Waals surface area contributed by atoms with Crippen LogP contribution in [0.4, 0.5) is 4.39 Å². The summed E-state index contributed by atoms with van der Waals surface area (Å²) in [6.45, 7) is 0. The molecule has 0 amide bonds. The van der Waals surface area contributed by atoms with Gasteiger partial charge in [-0.05, 0) is 30.9 Å². The van der Waals surface area contributed by atoms with Gasteiger partial charge in [-0.1, -0.05) is 15.9 Å². The van der Waals surface area contributed by atoms with Crippen molar-refractivity contribution in [1.82, 2.24) is 0 Å². The van der Waals surface area contributed by atoms with E-state index in [2.05, 4.69) is 15.9 Å². The van der Waals surface area contributed by atoms with Crippen molar-refractivity contribution in [2.45, 2.75) is 18.9 Å². The summed E-state index contributed by atoms with van der Waals surface area (Å²) in [5.74, 6) is -0.535. The molecular weight excluding hydrogens is 284 g/mol. The SMILES string of the molecule is Cl.N[C@@H](c1cc(Br)cc(F)c1O)C1CC1. The Morgan fingerprint density at radius 1 is 1.47 bits per heavy atom. The van der Waals surface area contributed by atoms with Gasteiger partial charge in [-0.3, -0.25) is 0 Å². The lowest BCUT2D eigenvalue weighted by Crippen LogP contribution is -2.13. The van der Waals surface area contributed by atoms with Gasteiger partial charge in [-0.2, -0.15) is 0 Å². The molecule has 1 saturated carbocycles. The number of nitrogens with two attached hydrogens (primary N) is 1. The number of hydrogen-bond acceptors (Lipinski definition) is 2. The number of rotatable bonds is 2. The van der Waals surface area contributed by atoms with Gasteiger partial charge >= 0.3 is 0 Å². The van der Waals surface area contributed by atoms with Gasteiger partial charge in [-0.25, -0.2) is 4.39 Å². The minimum absolute atomic E-state index is 0. The number of benzene rings is 1. The van der Waals surface area contributed by atoms with Crippen molar-refractivity contribution < 1.29 is 9.50 Å². The zero-order chi connectivity index (χ0) is 10.3. The molecule has 3 N–H and O–H groups in total. The van der Waals surface area contributed by atoms with Crippen LogP contribution in [0.3, 0.4) is 0 Å². The summed E-state index contributed by atoms with van der Waals surface area (Å²) in [5.41, 5.74) is 6.39. The predicted octanol–water partition coefficient (Wildman–Crippen LogP) is 3.13. The Morgan fingerprint density at radius 3 is 2.60 bits per heavy atom. The fourth-order valence-electron chi connectivity index (χ4n) is 1.55. The molecule has 2 nitrogen and oxygen atoms in total. The van der Waals surface area contributed by atoms with Crippen LogP contribution in [0.2, 0.25) is 0 Å². The lowest BCUT2D eigenvalue weighted by molar-refractivity contribution is 0.416. The standard InChI is InChI=1S/C10H11BrFNO.ClH/c11-6-3-7(9(13)5-1-2-5)10(14)8(12)4-6;/h3-5,9,14H,1-2,13H2;1H/t9-;/m1./s1. The summed E-state index contributed by atoms with van der Waals surface area (Å²) in [6.07, 6.45) is 2.13. The highest BCUT2D eigenvalue weighted by atomic mass is 79.9. The van der Waals surface area contributed by atoms with Crippen molar-refractivity contribution in [1.29, 1.82) is 0 Å². The maximum atomic E-state index is 13.1. The van der Waals surface area contributed by atoms with E-state index in [1.54, 1.807) is 6.07 Å². The molecule has 1 aliphatic rings. The molecule has 1 fully saturated rings. The van der Waals surface area contributed by atoms with Crippen LogP contribution < -0.4 is 5.73 Å². The van der Waals surface area contributed by atoms with Crippen LogP contribution in [0.25, 0.3) is 0 Å². The first kappa shape index (κ1) is 12.7. The van der Waals surface area contributed by atoms with Gasteiger partial charge in [0, 0.05) is 16.1 Å². The van der Waals surface area contributed by atoms with Crippen LogP contribution in [0.1, 0.15) is 24.4 Å². The average Bonchev–Trinajstić information content (AvgIpc) is 2.93. The van der Waals surface area contributed by atoms with Crippen molar-refractivity contribution in [3.63, 3.8) is 0 Å². The maximum absolute atomic E-state index is 13.1. The van der Waals surface area contributed by atoms with E-state index in [1.807, 2.05) is 0 Å². The first-order valence-corrected chi connectivity index (χ1v) is 5.32. The molecule has 1 atom stereocenters. The van der Waals surface area contributed by atoms with E-state index in [4.69, 9.17) is 5.73 Å². The average molecular weight is 297 g/mol. The van der Waals surface area contributed by atoms with Crippen molar-refractivity contribution in [2.75, 3.05) is 0 Å². The van der Waals surface area contributed by atoms with E-state index in [0.29, 0.717) is 16.0 Å². The number of aromatic hydroxyl groups is 1. The number of phenolic OH excluding ortho intramolecular Hbond substituents is 1. The second-order valence-corrected chi connectivity index (χ2v) is 4.60. The van der Waals surface area contributed by atoms with E-state index >= 15 is 0 Å². The van der Waals surface area contributed by atoms with E-state index in [0.717, 1.165) is 12.8 Å².